The van der Waals surface area contributed by atoms with Crippen molar-refractivity contribution in [2.45, 2.75) is 13.3 Å². The summed E-state index contributed by atoms with van der Waals surface area (Å²) in [4.78, 5) is 18.3. The van der Waals surface area contributed by atoms with Gasteiger partial charge in [0.05, 0.1) is 19.9 Å². The number of rotatable bonds is 7. The number of aromatic nitrogens is 1. The lowest BCUT2D eigenvalue weighted by molar-refractivity contribution is 0.102. The topological polar surface area (TPSA) is 60.5 Å². The molecule has 0 saturated heterocycles. The van der Waals surface area contributed by atoms with Crippen molar-refractivity contribution < 1.29 is 14.3 Å². The lowest BCUT2D eigenvalue weighted by atomic mass is 10.0. The number of thiazole rings is 1. The number of hydrogen-bond donors (Lipinski definition) is 1. The van der Waals surface area contributed by atoms with Crippen LogP contribution in [0.2, 0.25) is 0 Å². The first-order chi connectivity index (χ1) is 15.6. The molecular formula is C26H24N2O3S. The normalized spacial score (nSPS) is 10.6. The number of hydrogen-bond acceptors (Lipinski definition) is 5. The number of para-hydroxylation sites is 1. The molecule has 0 aliphatic carbocycles. The summed E-state index contributed by atoms with van der Waals surface area (Å²) in [5.41, 5.74) is 4.63. The lowest BCUT2D eigenvalue weighted by Crippen LogP contribution is -2.13. The predicted octanol–water partition coefficient (Wildman–Crippen LogP) is 5.98. The third kappa shape index (κ3) is 4.65. The van der Waals surface area contributed by atoms with Gasteiger partial charge in [-0.15, -0.1) is 11.3 Å². The number of anilines is 1. The number of amides is 1. The molecule has 0 radical (unpaired) electrons. The summed E-state index contributed by atoms with van der Waals surface area (Å²) in [6, 6.07) is 23.7. The molecule has 0 atom stereocenters. The monoisotopic (exact) mass is 444 g/mol. The molecule has 1 amide bonds. The Hall–Kier alpha value is -3.64. The average molecular weight is 445 g/mol. The van der Waals surface area contributed by atoms with Gasteiger partial charge in [0.15, 0.2) is 11.5 Å². The molecule has 0 bridgehead atoms. The molecular weight excluding hydrogens is 420 g/mol. The van der Waals surface area contributed by atoms with Gasteiger partial charge in [-0.05, 0) is 48.7 Å². The van der Waals surface area contributed by atoms with Gasteiger partial charge < -0.3 is 14.8 Å². The molecule has 0 spiro atoms. The SMILES string of the molecule is COc1ccc(-c2nc(C)c(C(=O)Nc3ccccc3Cc3ccccc3)s2)cc1OC. The van der Waals surface area contributed by atoms with Crippen LogP contribution in [0, 0.1) is 6.92 Å². The summed E-state index contributed by atoms with van der Waals surface area (Å²) < 4.78 is 10.7. The predicted molar refractivity (Wildman–Crippen MR) is 129 cm³/mol. The van der Waals surface area contributed by atoms with E-state index in [2.05, 4.69) is 22.4 Å². The van der Waals surface area contributed by atoms with Crippen LogP contribution in [-0.4, -0.2) is 25.1 Å². The van der Waals surface area contributed by atoms with Crippen molar-refractivity contribution in [3.05, 3.63) is 94.5 Å². The van der Waals surface area contributed by atoms with Crippen LogP contribution in [0.25, 0.3) is 10.6 Å². The maximum absolute atomic E-state index is 13.1. The maximum Gasteiger partial charge on any atom is 0.267 e. The largest absolute Gasteiger partial charge is 0.493 e. The third-order valence-corrected chi connectivity index (χ3v) is 6.34. The Bertz CT molecular complexity index is 1240. The maximum atomic E-state index is 13.1. The molecule has 0 aliphatic heterocycles. The molecule has 4 rings (SSSR count). The number of benzene rings is 3. The summed E-state index contributed by atoms with van der Waals surface area (Å²) in [5.74, 6) is 1.11. The number of methoxy groups -OCH3 is 2. The van der Waals surface area contributed by atoms with E-state index in [4.69, 9.17) is 9.47 Å². The molecule has 1 heterocycles. The summed E-state index contributed by atoms with van der Waals surface area (Å²) in [5, 5.41) is 3.84. The van der Waals surface area contributed by atoms with E-state index in [0.29, 0.717) is 22.1 Å². The summed E-state index contributed by atoms with van der Waals surface area (Å²) in [7, 11) is 3.20. The van der Waals surface area contributed by atoms with Crippen LogP contribution in [0.3, 0.4) is 0 Å². The second kappa shape index (κ2) is 9.66. The van der Waals surface area contributed by atoms with Gasteiger partial charge in [0, 0.05) is 11.3 Å². The fraction of sp³-hybridized carbons (Fsp3) is 0.154. The number of ether oxygens (including phenoxy) is 2. The Morgan fingerprint density at radius 3 is 2.41 bits per heavy atom. The highest BCUT2D eigenvalue weighted by molar-refractivity contribution is 7.17. The van der Waals surface area contributed by atoms with E-state index in [1.807, 2.05) is 67.6 Å². The van der Waals surface area contributed by atoms with Crippen molar-refractivity contribution in [3.63, 3.8) is 0 Å². The van der Waals surface area contributed by atoms with Gasteiger partial charge in [-0.3, -0.25) is 4.79 Å². The van der Waals surface area contributed by atoms with Gasteiger partial charge in [-0.25, -0.2) is 4.98 Å². The summed E-state index contributed by atoms with van der Waals surface area (Å²) >= 11 is 1.36. The minimum atomic E-state index is -0.160. The van der Waals surface area contributed by atoms with E-state index in [0.717, 1.165) is 28.2 Å². The number of nitrogens with zero attached hydrogens (tertiary/aromatic N) is 1. The fourth-order valence-corrected chi connectivity index (χ4v) is 4.45. The molecule has 0 unspecified atom stereocenters. The molecule has 0 saturated carbocycles. The Balaban J connectivity index is 1.58. The fourth-order valence-electron chi connectivity index (χ4n) is 3.49. The number of nitrogens with one attached hydrogen (secondary N) is 1. The highest BCUT2D eigenvalue weighted by Crippen LogP contribution is 2.35. The Morgan fingerprint density at radius 2 is 1.66 bits per heavy atom. The van der Waals surface area contributed by atoms with E-state index < -0.39 is 0 Å². The third-order valence-electron chi connectivity index (χ3n) is 5.14. The van der Waals surface area contributed by atoms with Crippen LogP contribution in [0.15, 0.2) is 72.8 Å². The molecule has 32 heavy (non-hydrogen) atoms. The van der Waals surface area contributed by atoms with Crippen molar-refractivity contribution in [2.24, 2.45) is 0 Å². The zero-order valence-corrected chi connectivity index (χ0v) is 19.0. The Morgan fingerprint density at radius 1 is 0.938 bits per heavy atom. The number of carbonyl (C=O) groups excluding carboxylic acids is 1. The van der Waals surface area contributed by atoms with Crippen LogP contribution >= 0.6 is 11.3 Å². The Labute approximate surface area is 191 Å². The van der Waals surface area contributed by atoms with Crippen molar-refractivity contribution in [3.8, 4) is 22.1 Å². The average Bonchev–Trinajstić information content (AvgIpc) is 3.22. The zero-order valence-electron chi connectivity index (χ0n) is 18.2. The van der Waals surface area contributed by atoms with Crippen molar-refractivity contribution in [2.75, 3.05) is 19.5 Å². The van der Waals surface area contributed by atoms with Crippen molar-refractivity contribution in [1.82, 2.24) is 4.98 Å². The Kier molecular flexibility index (Phi) is 6.52. The molecule has 1 N–H and O–H groups in total. The minimum absolute atomic E-state index is 0.160. The lowest BCUT2D eigenvalue weighted by Gasteiger charge is -2.11. The van der Waals surface area contributed by atoms with Crippen LogP contribution < -0.4 is 14.8 Å². The van der Waals surface area contributed by atoms with Gasteiger partial charge in [-0.2, -0.15) is 0 Å². The summed E-state index contributed by atoms with van der Waals surface area (Å²) in [6.07, 6.45) is 0.746. The number of carbonyl (C=O) groups is 1. The molecule has 5 nitrogen and oxygen atoms in total. The standard InChI is InChI=1S/C26H24N2O3S/c1-17-24(32-26(27-17)20-13-14-22(30-2)23(16-20)31-3)25(29)28-21-12-8-7-11-19(21)15-18-9-5-4-6-10-18/h4-14,16H,15H2,1-3H3,(H,28,29). The molecule has 0 fully saturated rings. The molecule has 0 aliphatic rings. The van der Waals surface area contributed by atoms with Crippen molar-refractivity contribution >= 4 is 22.9 Å². The highest BCUT2D eigenvalue weighted by Gasteiger charge is 2.18. The molecule has 4 aromatic rings. The summed E-state index contributed by atoms with van der Waals surface area (Å²) in [6.45, 7) is 1.85. The molecule has 1 aromatic heterocycles. The van der Waals surface area contributed by atoms with E-state index in [9.17, 15) is 4.79 Å². The molecule has 162 valence electrons. The minimum Gasteiger partial charge on any atom is -0.493 e. The van der Waals surface area contributed by atoms with E-state index in [-0.39, 0.29) is 5.91 Å². The van der Waals surface area contributed by atoms with E-state index >= 15 is 0 Å². The van der Waals surface area contributed by atoms with Gasteiger partial charge in [-0.1, -0.05) is 48.5 Å². The van der Waals surface area contributed by atoms with Gasteiger partial charge in [0.1, 0.15) is 9.88 Å². The van der Waals surface area contributed by atoms with Gasteiger partial charge in [0.25, 0.3) is 5.91 Å². The van der Waals surface area contributed by atoms with Crippen LogP contribution in [-0.2, 0) is 6.42 Å². The second-order valence-corrected chi connectivity index (χ2v) is 8.28. The highest BCUT2D eigenvalue weighted by atomic mass is 32.1. The van der Waals surface area contributed by atoms with Crippen LogP contribution in [0.4, 0.5) is 5.69 Å². The van der Waals surface area contributed by atoms with Gasteiger partial charge >= 0.3 is 0 Å². The van der Waals surface area contributed by atoms with Crippen LogP contribution in [0.5, 0.6) is 11.5 Å². The van der Waals surface area contributed by atoms with Crippen LogP contribution in [0.1, 0.15) is 26.5 Å². The van der Waals surface area contributed by atoms with E-state index in [1.165, 1.54) is 16.9 Å². The number of aryl methyl sites for hydroxylation is 1. The van der Waals surface area contributed by atoms with Crippen molar-refractivity contribution in [1.29, 1.82) is 0 Å². The first-order valence-electron chi connectivity index (χ1n) is 10.2. The second-order valence-electron chi connectivity index (χ2n) is 7.28. The smallest absolute Gasteiger partial charge is 0.267 e. The zero-order chi connectivity index (χ0) is 22.5. The first kappa shape index (κ1) is 21.6. The first-order valence-corrected chi connectivity index (χ1v) is 11.0. The molecule has 6 heteroatoms. The molecule has 3 aromatic carbocycles. The van der Waals surface area contributed by atoms with Gasteiger partial charge in [0.2, 0.25) is 0 Å². The quantitative estimate of drug-likeness (QED) is 0.381. The van der Waals surface area contributed by atoms with E-state index in [1.54, 1.807) is 14.2 Å².